The summed E-state index contributed by atoms with van der Waals surface area (Å²) in [5.41, 5.74) is 0.308. The van der Waals surface area contributed by atoms with Crippen molar-refractivity contribution in [2.75, 3.05) is 0 Å². The first-order valence-electron chi connectivity index (χ1n) is 9.34. The van der Waals surface area contributed by atoms with Gasteiger partial charge in [-0.15, -0.1) is 0 Å². The molecule has 0 fully saturated rings. The number of alkyl halides is 3. The van der Waals surface area contributed by atoms with Gasteiger partial charge in [-0.3, -0.25) is 4.68 Å². The van der Waals surface area contributed by atoms with Crippen molar-refractivity contribution in [3.63, 3.8) is 0 Å². The van der Waals surface area contributed by atoms with Gasteiger partial charge < -0.3 is 9.84 Å². The van der Waals surface area contributed by atoms with E-state index in [-0.39, 0.29) is 17.4 Å². The van der Waals surface area contributed by atoms with E-state index in [1.807, 2.05) is 6.07 Å². The van der Waals surface area contributed by atoms with E-state index < -0.39 is 23.8 Å². The van der Waals surface area contributed by atoms with E-state index in [1.165, 1.54) is 29.9 Å². The van der Waals surface area contributed by atoms with Gasteiger partial charge in [0.2, 0.25) is 0 Å². The second-order valence-corrected chi connectivity index (χ2v) is 7.03. The van der Waals surface area contributed by atoms with Crippen molar-refractivity contribution in [3.8, 4) is 11.8 Å². The molecule has 0 amide bonds. The van der Waals surface area contributed by atoms with Gasteiger partial charge >= 0.3 is 6.18 Å². The number of fused-ring (bicyclic) bond motifs is 1. The molecule has 162 valence electrons. The average Bonchev–Trinajstić information content (AvgIpc) is 3.03. The lowest BCUT2D eigenvalue weighted by molar-refractivity contribution is -0.142. The Morgan fingerprint density at radius 2 is 2.10 bits per heavy atom. The standard InChI is InChI=1S/C15H18F3N3O.C6H5FO/c1-9(8-19)7-10(2)22-12-6-4-5-11-13(12)21(3)20-14(11)15(16,17)18;7-5-3-1-2-4-6(5)8/h10,12H,1,4-7H2,2-3H3;1-4,8H. The van der Waals surface area contributed by atoms with E-state index in [0.717, 1.165) is 0 Å². The van der Waals surface area contributed by atoms with Crippen molar-refractivity contribution in [1.82, 2.24) is 9.78 Å². The second kappa shape index (κ2) is 9.76. The average molecular weight is 425 g/mol. The molecule has 9 heteroatoms. The number of hydrogen-bond donors (Lipinski definition) is 1. The highest BCUT2D eigenvalue weighted by atomic mass is 19.4. The molecular formula is C21H23F4N3O2. The van der Waals surface area contributed by atoms with Gasteiger partial charge in [-0.1, -0.05) is 18.7 Å². The van der Waals surface area contributed by atoms with Crippen LogP contribution < -0.4 is 0 Å². The van der Waals surface area contributed by atoms with Crippen LogP contribution in [0.15, 0.2) is 36.4 Å². The molecule has 0 saturated heterocycles. The Labute approximate surface area is 172 Å². The summed E-state index contributed by atoms with van der Waals surface area (Å²) in [6.07, 6.45) is -3.17. The lowest BCUT2D eigenvalue weighted by Crippen LogP contribution is -2.21. The van der Waals surface area contributed by atoms with E-state index in [4.69, 9.17) is 15.1 Å². The summed E-state index contributed by atoms with van der Waals surface area (Å²) in [7, 11) is 1.51. The van der Waals surface area contributed by atoms with Crippen LogP contribution in [0.5, 0.6) is 5.75 Å². The summed E-state index contributed by atoms with van der Waals surface area (Å²) >= 11 is 0. The number of ether oxygens (including phenoxy) is 1. The number of aryl methyl sites for hydroxylation is 1. The van der Waals surface area contributed by atoms with Crippen molar-refractivity contribution in [2.45, 2.75) is 51.0 Å². The number of phenols is 1. The fourth-order valence-corrected chi connectivity index (χ4v) is 3.36. The molecule has 0 aliphatic heterocycles. The molecule has 1 N–H and O–H groups in total. The highest BCUT2D eigenvalue weighted by Crippen LogP contribution is 2.40. The molecule has 0 bridgehead atoms. The Balaban J connectivity index is 0.000000335. The quantitative estimate of drug-likeness (QED) is 0.538. The van der Waals surface area contributed by atoms with Crippen LogP contribution in [0.25, 0.3) is 0 Å². The third-order valence-corrected chi connectivity index (χ3v) is 4.60. The normalized spacial score (nSPS) is 16.6. The lowest BCUT2D eigenvalue weighted by atomic mass is 9.93. The first-order chi connectivity index (χ1) is 14.0. The smallest absolute Gasteiger partial charge is 0.435 e. The van der Waals surface area contributed by atoms with E-state index in [0.29, 0.717) is 37.0 Å². The van der Waals surface area contributed by atoms with Crippen LogP contribution in [0.2, 0.25) is 0 Å². The second-order valence-electron chi connectivity index (χ2n) is 7.03. The molecule has 0 spiro atoms. The third-order valence-electron chi connectivity index (χ3n) is 4.60. The SMILES string of the molecule is C=C(C#N)CC(C)OC1CCCc2c(C(F)(F)F)nn(C)c21.Oc1ccccc1F. The minimum Gasteiger partial charge on any atom is -0.505 e. The van der Waals surface area contributed by atoms with Gasteiger partial charge in [0.25, 0.3) is 0 Å². The number of nitrogens with zero attached hydrogens (tertiary/aromatic N) is 3. The molecule has 2 aromatic rings. The highest BCUT2D eigenvalue weighted by Gasteiger charge is 2.41. The first-order valence-corrected chi connectivity index (χ1v) is 9.34. The molecule has 1 aromatic carbocycles. The molecule has 2 atom stereocenters. The van der Waals surface area contributed by atoms with Gasteiger partial charge in [-0.25, -0.2) is 4.39 Å². The van der Waals surface area contributed by atoms with Crippen LogP contribution >= 0.6 is 0 Å². The number of halogens is 4. The molecule has 30 heavy (non-hydrogen) atoms. The predicted octanol–water partition coefficient (Wildman–Crippen LogP) is 5.22. The van der Waals surface area contributed by atoms with Crippen molar-refractivity contribution < 1.29 is 27.4 Å². The van der Waals surface area contributed by atoms with Gasteiger partial charge in [0.15, 0.2) is 17.3 Å². The Bertz CT molecular complexity index is 910. The van der Waals surface area contributed by atoms with E-state index >= 15 is 0 Å². The Kier molecular flexibility index (Phi) is 7.62. The number of phenolic OH excluding ortho intramolecular Hbond substituents is 1. The van der Waals surface area contributed by atoms with Crippen LogP contribution in [0.1, 0.15) is 49.2 Å². The van der Waals surface area contributed by atoms with Crippen molar-refractivity contribution >= 4 is 0 Å². The maximum absolute atomic E-state index is 13.0. The molecule has 2 unspecified atom stereocenters. The number of aromatic hydroxyl groups is 1. The Morgan fingerprint density at radius 3 is 2.63 bits per heavy atom. The zero-order chi connectivity index (χ0) is 22.5. The van der Waals surface area contributed by atoms with E-state index in [2.05, 4.69) is 11.7 Å². The Morgan fingerprint density at radius 1 is 1.43 bits per heavy atom. The summed E-state index contributed by atoms with van der Waals surface area (Å²) in [5.74, 6) is -0.875. The Hall–Kier alpha value is -2.86. The van der Waals surface area contributed by atoms with Crippen LogP contribution in [0.4, 0.5) is 17.6 Å². The first kappa shape index (κ1) is 23.4. The maximum atomic E-state index is 13.0. The number of aromatic nitrogens is 2. The number of nitriles is 1. The van der Waals surface area contributed by atoms with Gasteiger partial charge in [-0.05, 0) is 38.3 Å². The third kappa shape index (κ3) is 5.83. The molecule has 0 radical (unpaired) electrons. The van der Waals surface area contributed by atoms with Crippen LogP contribution in [0.3, 0.4) is 0 Å². The van der Waals surface area contributed by atoms with Gasteiger partial charge in [0, 0.05) is 24.6 Å². The molecule has 1 heterocycles. The number of para-hydroxylation sites is 1. The molecule has 3 rings (SSSR count). The summed E-state index contributed by atoms with van der Waals surface area (Å²) in [6, 6.07) is 7.54. The highest BCUT2D eigenvalue weighted by molar-refractivity contribution is 5.32. The molecule has 1 aliphatic rings. The number of rotatable bonds is 4. The summed E-state index contributed by atoms with van der Waals surface area (Å²) in [4.78, 5) is 0. The molecule has 5 nitrogen and oxygen atoms in total. The maximum Gasteiger partial charge on any atom is 0.435 e. The molecule has 1 aliphatic carbocycles. The predicted molar refractivity (Wildman–Crippen MR) is 102 cm³/mol. The zero-order valence-electron chi connectivity index (χ0n) is 16.7. The van der Waals surface area contributed by atoms with Crippen LogP contribution in [0, 0.1) is 17.1 Å². The lowest BCUT2D eigenvalue weighted by Gasteiger charge is -2.27. The van der Waals surface area contributed by atoms with Crippen molar-refractivity contribution in [1.29, 1.82) is 5.26 Å². The van der Waals surface area contributed by atoms with E-state index in [9.17, 15) is 17.6 Å². The summed E-state index contributed by atoms with van der Waals surface area (Å²) < 4.78 is 58.3. The summed E-state index contributed by atoms with van der Waals surface area (Å²) in [6.45, 7) is 5.39. The number of hydrogen-bond acceptors (Lipinski definition) is 4. The summed E-state index contributed by atoms with van der Waals surface area (Å²) in [5, 5.41) is 20.9. The topological polar surface area (TPSA) is 71.1 Å². The van der Waals surface area contributed by atoms with Gasteiger partial charge in [0.05, 0.1) is 24.0 Å². The fourth-order valence-electron chi connectivity index (χ4n) is 3.36. The molecular weight excluding hydrogens is 402 g/mol. The van der Waals surface area contributed by atoms with Crippen molar-refractivity contribution in [3.05, 3.63) is 59.2 Å². The zero-order valence-corrected chi connectivity index (χ0v) is 16.7. The van der Waals surface area contributed by atoms with E-state index in [1.54, 1.807) is 13.0 Å². The monoisotopic (exact) mass is 425 g/mol. The largest absolute Gasteiger partial charge is 0.505 e. The molecule has 0 saturated carbocycles. The fraction of sp³-hybridized carbons (Fsp3) is 0.429. The van der Waals surface area contributed by atoms with Crippen LogP contribution in [-0.2, 0) is 24.4 Å². The minimum absolute atomic E-state index is 0.234. The van der Waals surface area contributed by atoms with Gasteiger partial charge in [0.1, 0.15) is 0 Å². The molecule has 1 aromatic heterocycles. The van der Waals surface area contributed by atoms with Crippen molar-refractivity contribution in [2.24, 2.45) is 7.05 Å². The number of benzene rings is 1. The minimum atomic E-state index is -4.45. The van der Waals surface area contributed by atoms with Gasteiger partial charge in [-0.2, -0.15) is 23.5 Å². The van der Waals surface area contributed by atoms with Crippen LogP contribution in [-0.4, -0.2) is 21.0 Å².